The Bertz CT molecular complexity index is 754. The van der Waals surface area contributed by atoms with Crippen LogP contribution in [0.1, 0.15) is 43.6 Å². The second-order valence-corrected chi connectivity index (χ2v) is 7.76. The quantitative estimate of drug-likeness (QED) is 0.653. The number of rotatable bonds is 3. The second kappa shape index (κ2) is 7.54. The highest BCUT2D eigenvalue weighted by Gasteiger charge is 2.36. The Morgan fingerprint density at radius 3 is 2.72 bits per heavy atom. The van der Waals surface area contributed by atoms with Crippen LogP contribution in [0.15, 0.2) is 24.3 Å². The number of aromatic nitrogens is 1. The first-order valence-corrected chi connectivity index (χ1v) is 8.69. The number of fused-ring (bicyclic) bond motifs is 1. The van der Waals surface area contributed by atoms with Crippen molar-refractivity contribution in [2.45, 2.75) is 50.8 Å². The Kier molecular flexibility index (Phi) is 6.05. The van der Waals surface area contributed by atoms with Crippen molar-refractivity contribution in [1.29, 1.82) is 0 Å². The van der Waals surface area contributed by atoms with Gasteiger partial charge in [-0.2, -0.15) is 0 Å². The van der Waals surface area contributed by atoms with Gasteiger partial charge in [0.2, 0.25) is 0 Å². The van der Waals surface area contributed by atoms with Crippen LogP contribution in [0.2, 0.25) is 5.02 Å². The number of amides is 1. The van der Waals surface area contributed by atoms with Gasteiger partial charge in [-0.05, 0) is 63.3 Å². The molecule has 138 valence electrons. The number of hydrogen-bond donors (Lipinski definition) is 4. The summed E-state index contributed by atoms with van der Waals surface area (Å²) in [5.41, 5.74) is 6.88. The minimum atomic E-state index is -0.733. The minimum Gasteiger partial charge on any atom is -0.390 e. The zero-order chi connectivity index (χ0) is 17.5. The number of benzene rings is 1. The van der Waals surface area contributed by atoms with E-state index in [1.54, 1.807) is 12.1 Å². The standard InChI is InChI=1S/C18H24ClN3O2.ClH/c1-18(2,24)11-3-5-15(13(20)9-11)22-17(23)16-8-10-7-12(19)4-6-14(10)21-16;/h4,6-8,11,13,15,21,24H,3,5,9,20H2,1-2H3,(H,22,23);1H. The SMILES string of the molecule is CC(C)(O)C1CCC(NC(=O)c2cc3cc(Cl)ccc3[nH]2)C(N)C1.Cl. The van der Waals surface area contributed by atoms with Gasteiger partial charge >= 0.3 is 0 Å². The molecule has 0 radical (unpaired) electrons. The highest BCUT2D eigenvalue weighted by atomic mass is 35.5. The van der Waals surface area contributed by atoms with E-state index < -0.39 is 5.60 Å². The van der Waals surface area contributed by atoms with E-state index in [0.29, 0.717) is 17.1 Å². The van der Waals surface area contributed by atoms with Gasteiger partial charge in [-0.3, -0.25) is 4.79 Å². The number of carbonyl (C=O) groups is 1. The molecule has 1 aromatic carbocycles. The summed E-state index contributed by atoms with van der Waals surface area (Å²) in [5, 5.41) is 14.7. The molecule has 3 unspecified atom stereocenters. The summed E-state index contributed by atoms with van der Waals surface area (Å²) in [6, 6.07) is 7.03. The van der Waals surface area contributed by atoms with Gasteiger partial charge in [0, 0.05) is 28.0 Å². The third kappa shape index (κ3) is 4.47. The molecule has 0 aliphatic heterocycles. The molecule has 1 saturated carbocycles. The maximum atomic E-state index is 12.5. The van der Waals surface area contributed by atoms with Crippen molar-refractivity contribution in [2.24, 2.45) is 11.7 Å². The van der Waals surface area contributed by atoms with Crippen LogP contribution in [0.3, 0.4) is 0 Å². The number of H-pyrrole nitrogens is 1. The maximum absolute atomic E-state index is 12.5. The number of carbonyl (C=O) groups excluding carboxylic acids is 1. The molecular weight excluding hydrogens is 361 g/mol. The van der Waals surface area contributed by atoms with Crippen LogP contribution in [-0.4, -0.2) is 33.7 Å². The summed E-state index contributed by atoms with van der Waals surface area (Å²) in [6.07, 6.45) is 2.33. The van der Waals surface area contributed by atoms with Gasteiger partial charge in [-0.1, -0.05) is 11.6 Å². The molecule has 3 atom stereocenters. The van der Waals surface area contributed by atoms with E-state index in [4.69, 9.17) is 17.3 Å². The predicted molar refractivity (Wildman–Crippen MR) is 103 cm³/mol. The van der Waals surface area contributed by atoms with Gasteiger partial charge in [-0.25, -0.2) is 0 Å². The summed E-state index contributed by atoms with van der Waals surface area (Å²) in [7, 11) is 0. The molecule has 1 fully saturated rings. The molecule has 1 aliphatic rings. The van der Waals surface area contributed by atoms with Crippen LogP contribution >= 0.6 is 24.0 Å². The fourth-order valence-electron chi connectivity index (χ4n) is 3.50. The predicted octanol–water partition coefficient (Wildman–Crippen LogP) is 3.24. The van der Waals surface area contributed by atoms with E-state index >= 15 is 0 Å². The molecule has 1 heterocycles. The average molecular weight is 386 g/mol. The van der Waals surface area contributed by atoms with Gasteiger partial charge in [0.05, 0.1) is 5.60 Å². The number of hydrogen-bond acceptors (Lipinski definition) is 3. The van der Waals surface area contributed by atoms with Crippen molar-refractivity contribution in [3.8, 4) is 0 Å². The zero-order valence-corrected chi connectivity index (χ0v) is 16.0. The molecule has 0 bridgehead atoms. The zero-order valence-electron chi connectivity index (χ0n) is 14.4. The van der Waals surface area contributed by atoms with E-state index in [9.17, 15) is 9.90 Å². The van der Waals surface area contributed by atoms with E-state index in [-0.39, 0.29) is 36.3 Å². The molecule has 0 spiro atoms. The molecule has 1 aliphatic carbocycles. The lowest BCUT2D eigenvalue weighted by molar-refractivity contribution is -0.00651. The van der Waals surface area contributed by atoms with Gasteiger partial charge in [0.15, 0.2) is 0 Å². The molecule has 2 aromatic rings. The fraction of sp³-hybridized carbons (Fsp3) is 0.500. The number of nitrogens with two attached hydrogens (primary N) is 1. The summed E-state index contributed by atoms with van der Waals surface area (Å²) in [5.74, 6) is 0.000325. The molecular formula is C18H25Cl2N3O2. The van der Waals surface area contributed by atoms with Crippen molar-refractivity contribution in [1.82, 2.24) is 10.3 Å². The lowest BCUT2D eigenvalue weighted by atomic mass is 9.75. The number of nitrogens with one attached hydrogen (secondary N) is 2. The highest BCUT2D eigenvalue weighted by Crippen LogP contribution is 2.32. The van der Waals surface area contributed by atoms with Gasteiger partial charge < -0.3 is 21.1 Å². The van der Waals surface area contributed by atoms with Crippen molar-refractivity contribution < 1.29 is 9.90 Å². The van der Waals surface area contributed by atoms with Crippen LogP contribution in [0.5, 0.6) is 0 Å². The number of halogens is 2. The topological polar surface area (TPSA) is 91.1 Å². The average Bonchev–Trinajstić information content (AvgIpc) is 2.91. The second-order valence-electron chi connectivity index (χ2n) is 7.32. The van der Waals surface area contributed by atoms with Crippen molar-refractivity contribution >= 4 is 40.8 Å². The summed E-state index contributed by atoms with van der Waals surface area (Å²) < 4.78 is 0. The Hall–Kier alpha value is -1.27. The largest absolute Gasteiger partial charge is 0.390 e. The van der Waals surface area contributed by atoms with Gasteiger partial charge in [0.1, 0.15) is 5.69 Å². The van der Waals surface area contributed by atoms with Gasteiger partial charge in [-0.15, -0.1) is 12.4 Å². The van der Waals surface area contributed by atoms with Crippen LogP contribution in [-0.2, 0) is 0 Å². The molecule has 1 aromatic heterocycles. The number of aromatic amines is 1. The van der Waals surface area contributed by atoms with Crippen molar-refractivity contribution in [3.63, 3.8) is 0 Å². The molecule has 3 rings (SSSR count). The first kappa shape index (κ1) is 20.0. The first-order chi connectivity index (χ1) is 11.2. The third-order valence-electron chi connectivity index (χ3n) is 5.04. The van der Waals surface area contributed by atoms with E-state index in [1.165, 1.54) is 0 Å². The lowest BCUT2D eigenvalue weighted by Crippen LogP contribution is -2.53. The molecule has 25 heavy (non-hydrogen) atoms. The molecule has 5 N–H and O–H groups in total. The molecule has 1 amide bonds. The van der Waals surface area contributed by atoms with Crippen LogP contribution in [0, 0.1) is 5.92 Å². The van der Waals surface area contributed by atoms with Crippen molar-refractivity contribution in [2.75, 3.05) is 0 Å². The van der Waals surface area contributed by atoms with E-state index in [0.717, 1.165) is 23.7 Å². The Morgan fingerprint density at radius 1 is 1.36 bits per heavy atom. The van der Waals surface area contributed by atoms with Gasteiger partial charge in [0.25, 0.3) is 5.91 Å². The number of aliphatic hydroxyl groups is 1. The van der Waals surface area contributed by atoms with E-state index in [1.807, 2.05) is 26.0 Å². The molecule has 7 heteroatoms. The summed E-state index contributed by atoms with van der Waals surface area (Å²) >= 11 is 5.98. The van der Waals surface area contributed by atoms with E-state index in [2.05, 4.69) is 10.3 Å². The van der Waals surface area contributed by atoms with Crippen LogP contribution in [0.25, 0.3) is 10.9 Å². The minimum absolute atomic E-state index is 0. The maximum Gasteiger partial charge on any atom is 0.268 e. The van der Waals surface area contributed by atoms with Crippen LogP contribution < -0.4 is 11.1 Å². The van der Waals surface area contributed by atoms with Crippen molar-refractivity contribution in [3.05, 3.63) is 35.0 Å². The van der Waals surface area contributed by atoms with Crippen LogP contribution in [0.4, 0.5) is 0 Å². The Balaban J connectivity index is 0.00000225. The Labute approximate surface area is 158 Å². The third-order valence-corrected chi connectivity index (χ3v) is 5.28. The summed E-state index contributed by atoms with van der Waals surface area (Å²) in [6.45, 7) is 3.64. The fourth-order valence-corrected chi connectivity index (χ4v) is 3.68. The highest BCUT2D eigenvalue weighted by molar-refractivity contribution is 6.31. The normalized spacial score (nSPS) is 24.0. The Morgan fingerprint density at radius 2 is 2.08 bits per heavy atom. The summed E-state index contributed by atoms with van der Waals surface area (Å²) in [4.78, 5) is 15.6. The molecule has 0 saturated heterocycles. The lowest BCUT2D eigenvalue weighted by Gasteiger charge is -2.39. The smallest absolute Gasteiger partial charge is 0.268 e. The monoisotopic (exact) mass is 385 g/mol. The first-order valence-electron chi connectivity index (χ1n) is 8.31. The molecule has 5 nitrogen and oxygen atoms in total.